The Labute approximate surface area is 93.5 Å². The minimum Gasteiger partial charge on any atom is -0.372 e. The van der Waals surface area contributed by atoms with E-state index >= 15 is 0 Å². The van der Waals surface area contributed by atoms with Crippen LogP contribution in [0.15, 0.2) is 16.9 Å². The zero-order valence-corrected chi connectivity index (χ0v) is 9.34. The average Bonchev–Trinajstić information content (AvgIpc) is 2.68. The molecule has 6 nitrogen and oxygen atoms in total. The summed E-state index contributed by atoms with van der Waals surface area (Å²) in [5.74, 6) is 0.428. The zero-order chi connectivity index (χ0) is 11.5. The van der Waals surface area contributed by atoms with E-state index in [-0.39, 0.29) is 18.2 Å². The van der Waals surface area contributed by atoms with Crippen molar-refractivity contribution in [3.63, 3.8) is 0 Å². The van der Waals surface area contributed by atoms with Gasteiger partial charge in [0.1, 0.15) is 6.26 Å². The van der Waals surface area contributed by atoms with Crippen LogP contribution in [0.25, 0.3) is 0 Å². The molecule has 0 spiro atoms. The van der Waals surface area contributed by atoms with E-state index in [9.17, 15) is 4.79 Å². The molecule has 1 aromatic heterocycles. The number of carbonyl (C=O) groups is 1. The summed E-state index contributed by atoms with van der Waals surface area (Å²) in [6.45, 7) is 5.08. The Kier molecular flexibility index (Phi) is 3.09. The summed E-state index contributed by atoms with van der Waals surface area (Å²) in [6, 6.07) is 1.43. The number of nitrogens with zero attached hydrogens (tertiary/aromatic N) is 2. The van der Waals surface area contributed by atoms with Crippen molar-refractivity contribution in [1.29, 1.82) is 0 Å². The van der Waals surface area contributed by atoms with Gasteiger partial charge in [-0.05, 0) is 13.8 Å². The molecule has 2 rings (SSSR count). The molecule has 88 valence electrons. The molecule has 2 unspecified atom stereocenters. The Balaban J connectivity index is 1.94. The van der Waals surface area contributed by atoms with E-state index in [1.807, 2.05) is 13.8 Å². The second kappa shape index (κ2) is 4.52. The highest BCUT2D eigenvalue weighted by atomic mass is 16.5. The number of carbonyl (C=O) groups excluding carboxylic acids is 1. The first-order valence-corrected chi connectivity index (χ1v) is 5.27. The number of urea groups is 1. The number of nitrogens with one attached hydrogen (secondary N) is 1. The molecule has 2 atom stereocenters. The normalized spacial score (nSPS) is 25.5. The molecule has 1 aliphatic heterocycles. The minimum absolute atomic E-state index is 0.0619. The molecular weight excluding hydrogens is 210 g/mol. The molecule has 16 heavy (non-hydrogen) atoms. The lowest BCUT2D eigenvalue weighted by atomic mass is 10.2. The number of amides is 2. The van der Waals surface area contributed by atoms with E-state index in [4.69, 9.17) is 4.74 Å². The fourth-order valence-corrected chi connectivity index (χ4v) is 1.81. The van der Waals surface area contributed by atoms with E-state index in [2.05, 4.69) is 15.0 Å². The summed E-state index contributed by atoms with van der Waals surface area (Å²) in [6.07, 6.45) is 1.54. The van der Waals surface area contributed by atoms with Gasteiger partial charge in [-0.1, -0.05) is 5.16 Å². The van der Waals surface area contributed by atoms with Crippen molar-refractivity contribution in [2.24, 2.45) is 0 Å². The summed E-state index contributed by atoms with van der Waals surface area (Å²) in [4.78, 5) is 13.5. The minimum atomic E-state index is -0.170. The predicted octanol–water partition coefficient (Wildman–Crippen LogP) is 1.32. The lowest BCUT2D eigenvalue weighted by Crippen LogP contribution is -2.49. The Morgan fingerprint density at radius 1 is 1.50 bits per heavy atom. The monoisotopic (exact) mass is 225 g/mol. The molecule has 1 aliphatic rings. The number of aromatic nitrogens is 1. The number of anilines is 1. The molecule has 0 saturated carbocycles. The third kappa shape index (κ3) is 2.52. The van der Waals surface area contributed by atoms with Gasteiger partial charge in [0.05, 0.1) is 12.2 Å². The first-order valence-electron chi connectivity index (χ1n) is 5.27. The highest BCUT2D eigenvalue weighted by Gasteiger charge is 2.26. The first kappa shape index (κ1) is 10.9. The van der Waals surface area contributed by atoms with Crippen molar-refractivity contribution < 1.29 is 14.1 Å². The topological polar surface area (TPSA) is 67.6 Å². The Hall–Kier alpha value is -1.56. The summed E-state index contributed by atoms with van der Waals surface area (Å²) >= 11 is 0. The van der Waals surface area contributed by atoms with E-state index in [0.717, 1.165) is 0 Å². The van der Waals surface area contributed by atoms with Gasteiger partial charge < -0.3 is 14.2 Å². The van der Waals surface area contributed by atoms with Crippen LogP contribution >= 0.6 is 0 Å². The van der Waals surface area contributed by atoms with E-state index in [1.165, 1.54) is 6.26 Å². The van der Waals surface area contributed by atoms with Crippen LogP contribution in [0.3, 0.4) is 0 Å². The van der Waals surface area contributed by atoms with Gasteiger partial charge in [0.2, 0.25) is 0 Å². The van der Waals surface area contributed by atoms with E-state index < -0.39 is 0 Å². The van der Waals surface area contributed by atoms with Crippen LogP contribution in [0.2, 0.25) is 0 Å². The second-order valence-corrected chi connectivity index (χ2v) is 3.98. The summed E-state index contributed by atoms with van der Waals surface area (Å²) in [7, 11) is 0. The van der Waals surface area contributed by atoms with Crippen LogP contribution < -0.4 is 5.32 Å². The maximum absolute atomic E-state index is 11.8. The largest absolute Gasteiger partial charge is 0.372 e. The van der Waals surface area contributed by atoms with Crippen LogP contribution in [0, 0.1) is 0 Å². The quantitative estimate of drug-likeness (QED) is 0.782. The molecule has 0 radical (unpaired) electrons. The van der Waals surface area contributed by atoms with Gasteiger partial charge in [0.15, 0.2) is 5.82 Å². The fourth-order valence-electron chi connectivity index (χ4n) is 1.81. The van der Waals surface area contributed by atoms with Crippen LogP contribution in [0.1, 0.15) is 13.8 Å². The Morgan fingerprint density at radius 2 is 2.19 bits per heavy atom. The molecule has 1 fully saturated rings. The van der Waals surface area contributed by atoms with Crippen LogP contribution in [-0.2, 0) is 4.74 Å². The van der Waals surface area contributed by atoms with Crippen molar-refractivity contribution >= 4 is 11.8 Å². The highest BCUT2D eigenvalue weighted by molar-refractivity contribution is 5.88. The van der Waals surface area contributed by atoms with Crippen LogP contribution in [0.5, 0.6) is 0 Å². The molecule has 2 amide bonds. The van der Waals surface area contributed by atoms with Gasteiger partial charge in [0, 0.05) is 19.2 Å². The number of morpholine rings is 1. The SMILES string of the molecule is CC1CN(C(=O)Nc2ccon2)CC(C)O1. The molecule has 1 aromatic rings. The standard InChI is InChI=1S/C10H15N3O3/c1-7-5-13(6-8(2)16-7)10(14)11-9-3-4-15-12-9/h3-4,7-8H,5-6H2,1-2H3,(H,11,12,14). The smallest absolute Gasteiger partial charge is 0.323 e. The van der Waals surface area contributed by atoms with Crippen molar-refractivity contribution in [3.05, 3.63) is 12.3 Å². The maximum Gasteiger partial charge on any atom is 0.323 e. The second-order valence-electron chi connectivity index (χ2n) is 3.98. The van der Waals surface area contributed by atoms with Crippen LogP contribution in [-0.4, -0.2) is 41.4 Å². The molecule has 6 heteroatoms. The van der Waals surface area contributed by atoms with E-state index in [1.54, 1.807) is 11.0 Å². The lowest BCUT2D eigenvalue weighted by Gasteiger charge is -2.34. The summed E-state index contributed by atoms with van der Waals surface area (Å²) in [5, 5.41) is 6.28. The van der Waals surface area contributed by atoms with Crippen molar-refractivity contribution in [3.8, 4) is 0 Å². The van der Waals surface area contributed by atoms with Crippen molar-refractivity contribution in [2.75, 3.05) is 18.4 Å². The van der Waals surface area contributed by atoms with Gasteiger partial charge in [-0.25, -0.2) is 4.79 Å². The van der Waals surface area contributed by atoms with Crippen LogP contribution in [0.4, 0.5) is 10.6 Å². The molecular formula is C10H15N3O3. The Bertz CT molecular complexity index is 342. The lowest BCUT2D eigenvalue weighted by molar-refractivity contribution is -0.0530. The third-order valence-corrected chi connectivity index (χ3v) is 2.38. The van der Waals surface area contributed by atoms with Gasteiger partial charge in [-0.15, -0.1) is 0 Å². The predicted molar refractivity (Wildman–Crippen MR) is 57.1 cm³/mol. The maximum atomic E-state index is 11.8. The van der Waals surface area contributed by atoms with Crippen molar-refractivity contribution in [2.45, 2.75) is 26.1 Å². The molecule has 0 aliphatic carbocycles. The van der Waals surface area contributed by atoms with Gasteiger partial charge in [-0.3, -0.25) is 5.32 Å². The molecule has 0 aromatic carbocycles. The van der Waals surface area contributed by atoms with Crippen molar-refractivity contribution in [1.82, 2.24) is 10.1 Å². The zero-order valence-electron chi connectivity index (χ0n) is 9.34. The summed E-state index contributed by atoms with van der Waals surface area (Å²) < 4.78 is 10.2. The van der Waals surface area contributed by atoms with Gasteiger partial charge >= 0.3 is 6.03 Å². The molecule has 0 bridgehead atoms. The average molecular weight is 225 g/mol. The van der Waals surface area contributed by atoms with Gasteiger partial charge in [-0.2, -0.15) is 0 Å². The molecule has 2 heterocycles. The third-order valence-electron chi connectivity index (χ3n) is 2.38. The number of hydrogen-bond acceptors (Lipinski definition) is 4. The fraction of sp³-hybridized carbons (Fsp3) is 0.600. The number of ether oxygens (including phenoxy) is 1. The first-order chi connectivity index (χ1) is 7.65. The Morgan fingerprint density at radius 3 is 2.75 bits per heavy atom. The molecule has 1 saturated heterocycles. The highest BCUT2D eigenvalue weighted by Crippen LogP contribution is 2.12. The van der Waals surface area contributed by atoms with E-state index in [0.29, 0.717) is 18.9 Å². The molecule has 1 N–H and O–H groups in total. The number of rotatable bonds is 1. The number of hydrogen-bond donors (Lipinski definition) is 1. The van der Waals surface area contributed by atoms with Gasteiger partial charge in [0.25, 0.3) is 0 Å². The summed E-state index contributed by atoms with van der Waals surface area (Å²) in [5.41, 5.74) is 0.